The molecule has 3 rings (SSSR count). The van der Waals surface area contributed by atoms with Gasteiger partial charge in [-0.25, -0.2) is 4.79 Å². The normalized spacial score (nSPS) is 10.3. The molecule has 0 saturated heterocycles. The molecule has 0 fully saturated rings. The number of nitriles is 1. The van der Waals surface area contributed by atoms with Gasteiger partial charge in [0.15, 0.2) is 0 Å². The Hall–Kier alpha value is -3.07. The molecule has 134 valence electrons. The Kier molecular flexibility index (Phi) is 5.31. The maximum atomic E-state index is 12.4. The van der Waals surface area contributed by atoms with E-state index in [1.54, 1.807) is 43.3 Å². The van der Waals surface area contributed by atoms with E-state index in [0.717, 1.165) is 0 Å². The molecule has 1 aromatic heterocycles. The van der Waals surface area contributed by atoms with E-state index < -0.39 is 11.5 Å². The quantitative estimate of drug-likeness (QED) is 0.509. The number of halogens is 2. The van der Waals surface area contributed by atoms with Crippen LogP contribution in [0.25, 0.3) is 11.1 Å². The standard InChI is InChI=1S/C20H12Cl2N2O3/c1-11-7-16(17(10-23)19(25)24-11)12-3-2-4-14(8-12)27-20(26)15-6-5-13(21)9-18(15)22/h2-9H,1H3,(H,24,25). The summed E-state index contributed by atoms with van der Waals surface area (Å²) in [4.78, 5) is 26.9. The van der Waals surface area contributed by atoms with Gasteiger partial charge in [0.05, 0.1) is 10.6 Å². The Morgan fingerprint density at radius 2 is 1.93 bits per heavy atom. The third kappa shape index (κ3) is 4.03. The Bertz CT molecular complexity index is 1150. The van der Waals surface area contributed by atoms with E-state index in [-0.39, 0.29) is 21.9 Å². The molecule has 0 amide bonds. The first-order valence-electron chi connectivity index (χ1n) is 7.80. The Labute approximate surface area is 164 Å². The zero-order valence-corrected chi connectivity index (χ0v) is 15.6. The van der Waals surface area contributed by atoms with Gasteiger partial charge in [0.1, 0.15) is 17.4 Å². The zero-order chi connectivity index (χ0) is 19.6. The number of nitrogens with one attached hydrogen (secondary N) is 1. The summed E-state index contributed by atoms with van der Waals surface area (Å²) in [5.74, 6) is -0.387. The molecule has 0 aliphatic rings. The van der Waals surface area contributed by atoms with E-state index in [4.69, 9.17) is 27.9 Å². The molecule has 0 saturated carbocycles. The Balaban J connectivity index is 1.97. The monoisotopic (exact) mass is 398 g/mol. The van der Waals surface area contributed by atoms with Crippen molar-refractivity contribution < 1.29 is 9.53 Å². The minimum Gasteiger partial charge on any atom is -0.423 e. The van der Waals surface area contributed by atoms with Gasteiger partial charge in [-0.2, -0.15) is 5.26 Å². The summed E-state index contributed by atoms with van der Waals surface area (Å²) >= 11 is 11.9. The largest absolute Gasteiger partial charge is 0.423 e. The Morgan fingerprint density at radius 1 is 1.15 bits per heavy atom. The van der Waals surface area contributed by atoms with E-state index in [9.17, 15) is 14.9 Å². The number of H-pyrrole nitrogens is 1. The number of nitrogens with zero attached hydrogens (tertiary/aromatic N) is 1. The highest BCUT2D eigenvalue weighted by Gasteiger charge is 2.15. The molecule has 0 radical (unpaired) electrons. The predicted octanol–water partition coefficient (Wildman–Crippen LogP) is 4.75. The second-order valence-electron chi connectivity index (χ2n) is 5.72. The van der Waals surface area contributed by atoms with Crippen molar-refractivity contribution in [2.75, 3.05) is 0 Å². The van der Waals surface area contributed by atoms with Gasteiger partial charge in [-0.1, -0.05) is 35.3 Å². The van der Waals surface area contributed by atoms with Crippen molar-refractivity contribution in [1.29, 1.82) is 5.26 Å². The van der Waals surface area contributed by atoms with Crippen LogP contribution >= 0.6 is 23.2 Å². The molecular formula is C20H12Cl2N2O3. The zero-order valence-electron chi connectivity index (χ0n) is 14.0. The van der Waals surface area contributed by atoms with E-state index in [0.29, 0.717) is 21.8 Å². The van der Waals surface area contributed by atoms with Crippen molar-refractivity contribution in [3.63, 3.8) is 0 Å². The lowest BCUT2D eigenvalue weighted by Crippen LogP contribution is -2.13. The summed E-state index contributed by atoms with van der Waals surface area (Å²) in [7, 11) is 0. The first-order chi connectivity index (χ1) is 12.9. The first-order valence-corrected chi connectivity index (χ1v) is 8.56. The van der Waals surface area contributed by atoms with Crippen LogP contribution in [0.1, 0.15) is 21.6 Å². The number of aromatic nitrogens is 1. The summed E-state index contributed by atoms with van der Waals surface area (Å²) in [6.45, 7) is 1.72. The van der Waals surface area contributed by atoms with Crippen LogP contribution in [0.4, 0.5) is 0 Å². The third-order valence-electron chi connectivity index (χ3n) is 3.79. The molecule has 0 bridgehead atoms. The number of hydrogen-bond acceptors (Lipinski definition) is 4. The van der Waals surface area contributed by atoms with Crippen LogP contribution in [0, 0.1) is 18.3 Å². The minimum absolute atomic E-state index is 0.00942. The molecule has 5 nitrogen and oxygen atoms in total. The summed E-state index contributed by atoms with van der Waals surface area (Å²) < 4.78 is 5.38. The number of hydrogen-bond donors (Lipinski definition) is 1. The lowest BCUT2D eigenvalue weighted by atomic mass is 10.0. The molecule has 0 spiro atoms. The highest BCUT2D eigenvalue weighted by molar-refractivity contribution is 6.36. The first kappa shape index (κ1) is 18.7. The molecule has 2 aromatic carbocycles. The number of carbonyl (C=O) groups is 1. The molecule has 1 heterocycles. The fraction of sp³-hybridized carbons (Fsp3) is 0.0500. The smallest absolute Gasteiger partial charge is 0.345 e. The van der Waals surface area contributed by atoms with E-state index >= 15 is 0 Å². The van der Waals surface area contributed by atoms with Gasteiger partial charge < -0.3 is 9.72 Å². The summed E-state index contributed by atoms with van der Waals surface area (Å²) in [5, 5.41) is 9.88. The van der Waals surface area contributed by atoms with Gasteiger partial charge in [0.2, 0.25) is 0 Å². The average molecular weight is 399 g/mol. The lowest BCUT2D eigenvalue weighted by molar-refractivity contribution is 0.0735. The second kappa shape index (κ2) is 7.67. The summed E-state index contributed by atoms with van der Waals surface area (Å²) in [5.41, 5.74) is 1.35. The number of aryl methyl sites for hydroxylation is 1. The number of benzene rings is 2. The van der Waals surface area contributed by atoms with Crippen LogP contribution in [0.2, 0.25) is 10.0 Å². The van der Waals surface area contributed by atoms with E-state index in [1.165, 1.54) is 12.1 Å². The van der Waals surface area contributed by atoms with E-state index in [2.05, 4.69) is 4.98 Å². The molecule has 7 heteroatoms. The number of pyridine rings is 1. The van der Waals surface area contributed by atoms with E-state index in [1.807, 2.05) is 6.07 Å². The van der Waals surface area contributed by atoms with Crippen molar-refractivity contribution in [1.82, 2.24) is 4.98 Å². The van der Waals surface area contributed by atoms with Crippen molar-refractivity contribution in [3.8, 4) is 22.9 Å². The molecule has 3 aromatic rings. The SMILES string of the molecule is Cc1cc(-c2cccc(OC(=O)c3ccc(Cl)cc3Cl)c2)c(C#N)c(=O)[nH]1. The number of esters is 1. The molecule has 27 heavy (non-hydrogen) atoms. The van der Waals surface area contributed by atoms with Crippen LogP contribution in [0.15, 0.2) is 53.3 Å². The van der Waals surface area contributed by atoms with Crippen molar-refractivity contribution in [2.45, 2.75) is 6.92 Å². The minimum atomic E-state index is -0.642. The van der Waals surface area contributed by atoms with Crippen molar-refractivity contribution in [3.05, 3.63) is 85.8 Å². The highest BCUT2D eigenvalue weighted by Crippen LogP contribution is 2.27. The number of rotatable bonds is 3. The van der Waals surface area contributed by atoms with Gasteiger partial charge in [-0.15, -0.1) is 0 Å². The van der Waals surface area contributed by atoms with Crippen LogP contribution in [-0.4, -0.2) is 11.0 Å². The molecule has 0 aliphatic heterocycles. The van der Waals surface area contributed by atoms with Crippen LogP contribution < -0.4 is 10.3 Å². The van der Waals surface area contributed by atoms with Gasteiger partial charge in [0.25, 0.3) is 5.56 Å². The maximum absolute atomic E-state index is 12.4. The molecular weight excluding hydrogens is 387 g/mol. The maximum Gasteiger partial charge on any atom is 0.345 e. The van der Waals surface area contributed by atoms with Crippen LogP contribution in [0.3, 0.4) is 0 Å². The molecule has 0 atom stereocenters. The predicted molar refractivity (Wildman–Crippen MR) is 103 cm³/mol. The van der Waals surface area contributed by atoms with Crippen LogP contribution in [-0.2, 0) is 0 Å². The Morgan fingerprint density at radius 3 is 2.63 bits per heavy atom. The molecule has 1 N–H and O–H groups in total. The van der Waals surface area contributed by atoms with Crippen molar-refractivity contribution >= 4 is 29.2 Å². The number of ether oxygens (including phenoxy) is 1. The topological polar surface area (TPSA) is 82.9 Å². The fourth-order valence-electron chi connectivity index (χ4n) is 2.57. The van der Waals surface area contributed by atoms with Crippen LogP contribution in [0.5, 0.6) is 5.75 Å². The third-order valence-corrected chi connectivity index (χ3v) is 4.33. The van der Waals surface area contributed by atoms with Gasteiger partial charge in [-0.3, -0.25) is 4.79 Å². The summed E-state index contributed by atoms with van der Waals surface area (Å²) in [6.07, 6.45) is 0. The molecule has 0 aliphatic carbocycles. The summed E-state index contributed by atoms with van der Waals surface area (Å²) in [6, 6.07) is 14.6. The van der Waals surface area contributed by atoms with Gasteiger partial charge in [0, 0.05) is 16.3 Å². The number of carbonyl (C=O) groups excluding carboxylic acids is 1. The number of aromatic amines is 1. The van der Waals surface area contributed by atoms with Gasteiger partial charge >= 0.3 is 5.97 Å². The van der Waals surface area contributed by atoms with Gasteiger partial charge in [-0.05, 0) is 48.9 Å². The lowest BCUT2D eigenvalue weighted by Gasteiger charge is -2.09. The average Bonchev–Trinajstić information content (AvgIpc) is 2.61. The highest BCUT2D eigenvalue weighted by atomic mass is 35.5. The fourth-order valence-corrected chi connectivity index (χ4v) is 3.06. The molecule has 0 unspecified atom stereocenters. The van der Waals surface area contributed by atoms with Crippen molar-refractivity contribution in [2.24, 2.45) is 0 Å². The second-order valence-corrected chi connectivity index (χ2v) is 6.57.